The van der Waals surface area contributed by atoms with E-state index in [-0.39, 0.29) is 0 Å². The van der Waals surface area contributed by atoms with Crippen molar-refractivity contribution in [2.45, 2.75) is 19.4 Å². The Morgan fingerprint density at radius 3 is 2.48 bits per heavy atom. The third-order valence-electron chi connectivity index (χ3n) is 2.81. The van der Waals surface area contributed by atoms with E-state index in [1.165, 1.54) is 20.9 Å². The molecule has 1 rings (SSSR count). The number of benzene rings is 1. The molecule has 0 saturated heterocycles. The van der Waals surface area contributed by atoms with Crippen LogP contribution in [0.15, 0.2) is 40.8 Å². The predicted molar refractivity (Wildman–Crippen MR) is 72.1 cm³/mol. The number of esters is 1. The molecule has 0 heterocycles. The number of likely N-dealkylation sites (N-methyl/N-ethyl adjacent to an activating group) is 1. The van der Waals surface area contributed by atoms with E-state index in [0.717, 1.165) is 5.01 Å². The van der Waals surface area contributed by atoms with Crippen LogP contribution in [0.25, 0.3) is 0 Å². The average Bonchev–Trinajstić information content (AvgIpc) is 2.47. The third kappa shape index (κ3) is 4.75. The molecule has 1 aromatic rings. The van der Waals surface area contributed by atoms with Crippen LogP contribution in [0, 0.1) is 0 Å². The molecule has 114 valence electrons. The van der Waals surface area contributed by atoms with Crippen molar-refractivity contribution in [3.63, 3.8) is 0 Å². The number of rotatable bonds is 7. The number of hydrogen-bond donors (Lipinski definition) is 1. The summed E-state index contributed by atoms with van der Waals surface area (Å²) < 4.78 is 4.79. The van der Waals surface area contributed by atoms with Gasteiger partial charge in [-0.05, 0) is 31.2 Å². The maximum atomic E-state index is 11.5. The van der Waals surface area contributed by atoms with Crippen LogP contribution in [-0.4, -0.2) is 41.4 Å². The zero-order chi connectivity index (χ0) is 15.9. The normalized spacial score (nSPS) is 11.2. The molecule has 0 amide bonds. The monoisotopic (exact) mass is 295 g/mol. The van der Waals surface area contributed by atoms with Crippen LogP contribution < -0.4 is 0 Å². The van der Waals surface area contributed by atoms with E-state index in [4.69, 9.17) is 9.84 Å². The van der Waals surface area contributed by atoms with Gasteiger partial charge in [0.1, 0.15) is 0 Å². The predicted octanol–water partition coefficient (Wildman–Crippen LogP) is 1.89. The minimum atomic E-state index is -1.23. The van der Waals surface area contributed by atoms with Crippen molar-refractivity contribution in [1.82, 2.24) is 5.01 Å². The van der Waals surface area contributed by atoms with E-state index in [0.29, 0.717) is 5.56 Å². The molecular formula is C13H17N3O5. The Labute approximate surface area is 121 Å². The highest BCUT2D eigenvalue weighted by Gasteiger charge is 2.32. The van der Waals surface area contributed by atoms with Crippen LogP contribution in [0.2, 0.25) is 0 Å². The fourth-order valence-electron chi connectivity index (χ4n) is 1.09. The molecule has 8 heteroatoms. The molecule has 0 radical (unpaired) electrons. The minimum Gasteiger partial charge on any atom is -0.479 e. The van der Waals surface area contributed by atoms with E-state index >= 15 is 0 Å². The zero-order valence-electron chi connectivity index (χ0n) is 12.0. The van der Waals surface area contributed by atoms with Gasteiger partial charge in [0, 0.05) is 12.3 Å². The van der Waals surface area contributed by atoms with Gasteiger partial charge in [-0.3, -0.25) is 5.01 Å². The second-order valence-electron chi connectivity index (χ2n) is 4.60. The molecule has 0 bridgehead atoms. The Morgan fingerprint density at radius 1 is 1.29 bits per heavy atom. The molecule has 0 aromatic heterocycles. The van der Waals surface area contributed by atoms with Gasteiger partial charge >= 0.3 is 11.9 Å². The van der Waals surface area contributed by atoms with Crippen molar-refractivity contribution in [1.29, 1.82) is 0 Å². The molecule has 1 N–H and O–H groups in total. The minimum absolute atomic E-state index is 0.391. The van der Waals surface area contributed by atoms with Crippen molar-refractivity contribution >= 4 is 11.9 Å². The highest BCUT2D eigenvalue weighted by Crippen LogP contribution is 2.12. The summed E-state index contributed by atoms with van der Waals surface area (Å²) in [6.07, 6.45) is 0. The summed E-state index contributed by atoms with van der Waals surface area (Å²) in [6, 6.07) is 8.40. The van der Waals surface area contributed by atoms with Crippen LogP contribution in [-0.2, 0) is 14.4 Å². The van der Waals surface area contributed by atoms with Crippen LogP contribution in [0.4, 0.5) is 0 Å². The van der Waals surface area contributed by atoms with Crippen LogP contribution in [0.3, 0.4) is 0 Å². The fourth-order valence-corrected chi connectivity index (χ4v) is 1.09. The van der Waals surface area contributed by atoms with Crippen LogP contribution in [0.5, 0.6) is 0 Å². The lowest BCUT2D eigenvalue weighted by Crippen LogP contribution is -2.44. The lowest BCUT2D eigenvalue weighted by atomic mass is 10.1. The van der Waals surface area contributed by atoms with Crippen molar-refractivity contribution in [2.75, 3.05) is 13.8 Å². The first-order valence-corrected chi connectivity index (χ1v) is 6.08. The van der Waals surface area contributed by atoms with E-state index in [2.05, 4.69) is 15.3 Å². The van der Waals surface area contributed by atoms with E-state index in [1.807, 2.05) is 0 Å². The van der Waals surface area contributed by atoms with Gasteiger partial charge in [-0.25, -0.2) is 9.59 Å². The molecule has 0 aliphatic heterocycles. The van der Waals surface area contributed by atoms with Gasteiger partial charge in [-0.1, -0.05) is 18.2 Å². The summed E-state index contributed by atoms with van der Waals surface area (Å²) in [5.74, 6) is -1.61. The number of carboxylic acid groups (broad SMARTS) is 1. The summed E-state index contributed by atoms with van der Waals surface area (Å²) in [6.45, 7) is 2.51. The van der Waals surface area contributed by atoms with Crippen LogP contribution >= 0.6 is 0 Å². The Bertz CT molecular complexity index is 516. The molecule has 0 saturated carbocycles. The van der Waals surface area contributed by atoms with E-state index in [1.54, 1.807) is 30.3 Å². The highest BCUT2D eigenvalue weighted by atomic mass is 16.8. The maximum absolute atomic E-state index is 11.5. The SMILES string of the molecule is CN(N=NOCOC(=O)c1ccccc1)C(C)(C)C(=O)O. The molecule has 1 aromatic carbocycles. The first-order valence-electron chi connectivity index (χ1n) is 6.08. The second kappa shape index (κ2) is 7.22. The molecule has 0 unspecified atom stereocenters. The highest BCUT2D eigenvalue weighted by molar-refractivity contribution is 5.89. The fraction of sp³-hybridized carbons (Fsp3) is 0.385. The van der Waals surface area contributed by atoms with Gasteiger partial charge in [-0.2, -0.15) is 0 Å². The first-order chi connectivity index (χ1) is 9.85. The van der Waals surface area contributed by atoms with Gasteiger partial charge in [0.25, 0.3) is 6.79 Å². The van der Waals surface area contributed by atoms with Crippen molar-refractivity contribution in [3.8, 4) is 0 Å². The summed E-state index contributed by atoms with van der Waals surface area (Å²) in [5.41, 5.74) is -0.838. The Balaban J connectivity index is 2.36. The zero-order valence-corrected chi connectivity index (χ0v) is 12.0. The lowest BCUT2D eigenvalue weighted by Gasteiger charge is -2.26. The summed E-state index contributed by atoms with van der Waals surface area (Å²) in [4.78, 5) is 27.1. The smallest absolute Gasteiger partial charge is 0.341 e. The third-order valence-corrected chi connectivity index (χ3v) is 2.81. The number of aliphatic carboxylic acids is 1. The summed E-state index contributed by atoms with van der Waals surface area (Å²) in [5, 5.41) is 16.9. The molecule has 0 fully saturated rings. The Hall–Kier alpha value is -2.64. The number of ether oxygens (including phenoxy) is 1. The number of carbonyl (C=O) groups is 2. The summed E-state index contributed by atoms with van der Waals surface area (Å²) >= 11 is 0. The van der Waals surface area contributed by atoms with Gasteiger partial charge in [0.2, 0.25) is 0 Å². The average molecular weight is 295 g/mol. The number of hydrogen-bond acceptors (Lipinski definition) is 6. The van der Waals surface area contributed by atoms with Crippen molar-refractivity contribution in [2.24, 2.45) is 10.5 Å². The standard InChI is InChI=1S/C13H17N3O5/c1-13(2,12(18)19)16(3)14-15-21-9-20-11(17)10-7-5-4-6-8-10/h4-8H,9H2,1-3H3,(H,18,19). The lowest BCUT2D eigenvalue weighted by molar-refractivity contribution is -0.149. The molecular weight excluding hydrogens is 278 g/mol. The van der Waals surface area contributed by atoms with Crippen LogP contribution in [0.1, 0.15) is 24.2 Å². The van der Waals surface area contributed by atoms with E-state index in [9.17, 15) is 9.59 Å². The first kappa shape index (κ1) is 16.4. The van der Waals surface area contributed by atoms with Crippen molar-refractivity contribution < 1.29 is 24.3 Å². The number of carboxylic acids is 1. The molecule has 0 aliphatic carbocycles. The maximum Gasteiger partial charge on any atom is 0.341 e. The van der Waals surface area contributed by atoms with Crippen molar-refractivity contribution in [3.05, 3.63) is 35.9 Å². The molecule has 8 nitrogen and oxygen atoms in total. The van der Waals surface area contributed by atoms with Gasteiger partial charge in [0.05, 0.1) is 5.56 Å². The largest absolute Gasteiger partial charge is 0.479 e. The number of nitrogens with zero attached hydrogens (tertiary/aromatic N) is 3. The van der Waals surface area contributed by atoms with Gasteiger partial charge in [0.15, 0.2) is 5.54 Å². The Morgan fingerprint density at radius 2 is 1.90 bits per heavy atom. The Kier molecular flexibility index (Phi) is 5.65. The quantitative estimate of drug-likeness (QED) is 0.271. The molecule has 0 aliphatic rings. The van der Waals surface area contributed by atoms with E-state index < -0.39 is 24.3 Å². The topological polar surface area (TPSA) is 101 Å². The summed E-state index contributed by atoms with van der Waals surface area (Å²) in [7, 11) is 1.44. The molecule has 21 heavy (non-hydrogen) atoms. The molecule has 0 atom stereocenters. The number of carbonyl (C=O) groups excluding carboxylic acids is 1. The van der Waals surface area contributed by atoms with Gasteiger partial charge < -0.3 is 14.7 Å². The van der Waals surface area contributed by atoms with Gasteiger partial charge in [-0.15, -0.1) is 0 Å². The molecule has 0 spiro atoms. The second-order valence-corrected chi connectivity index (χ2v) is 4.60.